The van der Waals surface area contributed by atoms with Crippen molar-refractivity contribution in [3.05, 3.63) is 36.4 Å². The van der Waals surface area contributed by atoms with Crippen LogP contribution in [0.3, 0.4) is 0 Å². The minimum Gasteiger partial charge on any atom is -0.336 e. The normalized spacial score (nSPS) is 17.3. The molecule has 0 atom stereocenters. The number of hydrogen-bond acceptors (Lipinski definition) is 3. The number of nitrogens with one attached hydrogen (secondary N) is 1. The molecule has 3 heterocycles. The van der Waals surface area contributed by atoms with Gasteiger partial charge in [-0.25, -0.2) is 14.8 Å². The molecule has 0 saturated carbocycles. The minimum absolute atomic E-state index is 0.0567. The van der Waals surface area contributed by atoms with Crippen LogP contribution in [0.2, 0.25) is 0 Å². The summed E-state index contributed by atoms with van der Waals surface area (Å²) in [4.78, 5) is 23.6. The highest BCUT2D eigenvalue weighted by Crippen LogP contribution is 2.29. The van der Waals surface area contributed by atoms with Crippen LogP contribution in [0.15, 0.2) is 24.8 Å². The Kier molecular flexibility index (Phi) is 4.34. The summed E-state index contributed by atoms with van der Waals surface area (Å²) in [7, 11) is 3.85. The van der Waals surface area contributed by atoms with Crippen LogP contribution < -0.4 is 5.32 Å². The number of piperidine rings is 1. The van der Waals surface area contributed by atoms with Gasteiger partial charge in [-0.15, -0.1) is 0 Å². The summed E-state index contributed by atoms with van der Waals surface area (Å²) in [5.41, 5.74) is 0.164. The number of urea groups is 1. The van der Waals surface area contributed by atoms with Crippen molar-refractivity contribution in [3.63, 3.8) is 0 Å². The zero-order valence-electron chi connectivity index (χ0n) is 14.9. The summed E-state index contributed by atoms with van der Waals surface area (Å²) in [6.07, 6.45) is 9.42. The maximum atomic E-state index is 12.9. The zero-order valence-corrected chi connectivity index (χ0v) is 14.9. The average Bonchev–Trinajstić information content (AvgIpc) is 3.12. The lowest BCUT2D eigenvalue weighted by atomic mass is 9.84. The Bertz CT molecular complexity index is 676. The number of carbonyl (C=O) groups excluding carboxylic acids is 1. The number of aryl methyl sites for hydroxylation is 2. The number of hydrogen-bond donors (Lipinski definition) is 1. The molecular weight excluding hydrogens is 304 g/mol. The lowest BCUT2D eigenvalue weighted by molar-refractivity contribution is 0.127. The molecule has 2 aromatic rings. The molecule has 7 nitrogen and oxygen atoms in total. The van der Waals surface area contributed by atoms with Gasteiger partial charge in [0.05, 0.1) is 0 Å². The molecule has 0 unspecified atom stereocenters. The number of aromatic nitrogens is 4. The summed E-state index contributed by atoms with van der Waals surface area (Å²) in [6, 6.07) is -0.429. The molecule has 1 N–H and O–H groups in total. The first-order valence-electron chi connectivity index (χ1n) is 8.37. The van der Waals surface area contributed by atoms with E-state index in [2.05, 4.69) is 29.1 Å². The van der Waals surface area contributed by atoms with Crippen LogP contribution in [0.25, 0.3) is 0 Å². The van der Waals surface area contributed by atoms with Crippen molar-refractivity contribution < 1.29 is 4.79 Å². The molecule has 1 saturated heterocycles. The van der Waals surface area contributed by atoms with E-state index in [1.807, 2.05) is 40.5 Å². The van der Waals surface area contributed by atoms with Crippen LogP contribution in [-0.4, -0.2) is 43.1 Å². The Labute approximate surface area is 142 Å². The quantitative estimate of drug-likeness (QED) is 0.937. The van der Waals surface area contributed by atoms with Crippen molar-refractivity contribution in [1.29, 1.82) is 0 Å². The second kappa shape index (κ2) is 6.30. The average molecular weight is 330 g/mol. The summed E-state index contributed by atoms with van der Waals surface area (Å²) in [5.74, 6) is 1.54. The summed E-state index contributed by atoms with van der Waals surface area (Å²) in [5, 5.41) is 3.13. The van der Waals surface area contributed by atoms with Gasteiger partial charge in [0.1, 0.15) is 17.7 Å². The Morgan fingerprint density at radius 1 is 1.17 bits per heavy atom. The third-order valence-electron chi connectivity index (χ3n) is 4.69. The molecule has 1 aliphatic rings. The molecule has 0 aliphatic carbocycles. The monoisotopic (exact) mass is 330 g/mol. The highest BCUT2D eigenvalue weighted by Gasteiger charge is 2.32. The highest BCUT2D eigenvalue weighted by atomic mass is 16.2. The maximum Gasteiger partial charge on any atom is 0.318 e. The fraction of sp³-hybridized carbons (Fsp3) is 0.588. The first-order valence-corrected chi connectivity index (χ1v) is 8.37. The molecule has 0 aromatic carbocycles. The van der Waals surface area contributed by atoms with Gasteiger partial charge in [0.2, 0.25) is 0 Å². The largest absolute Gasteiger partial charge is 0.336 e. The molecule has 7 heteroatoms. The minimum atomic E-state index is -0.373. The number of rotatable bonds is 3. The Balaban J connectivity index is 1.84. The van der Waals surface area contributed by atoms with E-state index < -0.39 is 0 Å². The molecule has 130 valence electrons. The van der Waals surface area contributed by atoms with Gasteiger partial charge in [0.25, 0.3) is 0 Å². The highest BCUT2D eigenvalue weighted by molar-refractivity contribution is 5.75. The fourth-order valence-corrected chi connectivity index (χ4v) is 3.37. The molecule has 0 bridgehead atoms. The van der Waals surface area contributed by atoms with Crippen LogP contribution in [0.4, 0.5) is 4.79 Å². The van der Waals surface area contributed by atoms with Crippen LogP contribution in [0.5, 0.6) is 0 Å². The van der Waals surface area contributed by atoms with E-state index in [1.165, 1.54) is 0 Å². The van der Waals surface area contributed by atoms with E-state index in [0.29, 0.717) is 0 Å². The lowest BCUT2D eigenvalue weighted by Crippen LogP contribution is -2.49. The fourth-order valence-electron chi connectivity index (χ4n) is 3.37. The molecule has 1 aliphatic heterocycles. The van der Waals surface area contributed by atoms with E-state index in [1.54, 1.807) is 12.4 Å². The van der Waals surface area contributed by atoms with Gasteiger partial charge in [-0.1, -0.05) is 13.8 Å². The summed E-state index contributed by atoms with van der Waals surface area (Å²) < 4.78 is 3.83. The van der Waals surface area contributed by atoms with E-state index >= 15 is 0 Å². The van der Waals surface area contributed by atoms with Crippen LogP contribution in [0, 0.1) is 5.41 Å². The van der Waals surface area contributed by atoms with E-state index in [9.17, 15) is 4.79 Å². The SMILES string of the molecule is Cn1ccnc1C(NC(=O)N1CCCC(C)(C)C1)c1nccn1C. The molecular formula is C17H26N6O. The van der Waals surface area contributed by atoms with Gasteiger partial charge < -0.3 is 19.4 Å². The van der Waals surface area contributed by atoms with Crippen molar-refractivity contribution >= 4 is 6.03 Å². The van der Waals surface area contributed by atoms with Gasteiger partial charge in [0.15, 0.2) is 0 Å². The van der Waals surface area contributed by atoms with Crippen LogP contribution in [0.1, 0.15) is 44.4 Å². The number of carbonyl (C=O) groups is 1. The van der Waals surface area contributed by atoms with Gasteiger partial charge in [-0.05, 0) is 18.3 Å². The maximum absolute atomic E-state index is 12.9. The number of amides is 2. The Hall–Kier alpha value is -2.31. The van der Waals surface area contributed by atoms with Gasteiger partial charge in [-0.3, -0.25) is 0 Å². The molecule has 24 heavy (non-hydrogen) atoms. The first-order chi connectivity index (χ1) is 11.4. The van der Waals surface area contributed by atoms with Crippen molar-refractivity contribution in [2.24, 2.45) is 19.5 Å². The van der Waals surface area contributed by atoms with E-state index in [0.717, 1.165) is 37.6 Å². The number of nitrogens with zero attached hydrogens (tertiary/aromatic N) is 5. The van der Waals surface area contributed by atoms with Gasteiger partial charge in [-0.2, -0.15) is 0 Å². The Morgan fingerprint density at radius 3 is 2.21 bits per heavy atom. The molecule has 0 spiro atoms. The van der Waals surface area contributed by atoms with Gasteiger partial charge >= 0.3 is 6.03 Å². The molecule has 3 rings (SSSR count). The predicted octanol–water partition coefficient (Wildman–Crippen LogP) is 2.07. The van der Waals surface area contributed by atoms with Crippen LogP contribution in [-0.2, 0) is 14.1 Å². The Morgan fingerprint density at radius 2 is 1.75 bits per heavy atom. The molecule has 2 amide bonds. The third-order valence-corrected chi connectivity index (χ3v) is 4.69. The number of imidazole rings is 2. The van der Waals surface area contributed by atoms with E-state index in [-0.39, 0.29) is 17.5 Å². The molecule has 2 aromatic heterocycles. The number of likely N-dealkylation sites (tertiary alicyclic amines) is 1. The van der Waals surface area contributed by atoms with Crippen molar-refractivity contribution in [1.82, 2.24) is 29.3 Å². The predicted molar refractivity (Wildman–Crippen MR) is 91.4 cm³/mol. The molecule has 0 radical (unpaired) electrons. The molecule has 1 fully saturated rings. The second-order valence-corrected chi connectivity index (χ2v) is 7.36. The standard InChI is InChI=1S/C17H26N6O/c1-17(2)6-5-9-23(12-17)16(24)20-13(14-18-7-10-21(14)3)15-19-8-11-22(15)4/h7-8,10-11,13H,5-6,9,12H2,1-4H3,(H,20,24). The summed E-state index contributed by atoms with van der Waals surface area (Å²) >= 11 is 0. The third kappa shape index (κ3) is 3.29. The van der Waals surface area contributed by atoms with Gasteiger partial charge in [0, 0.05) is 52.0 Å². The second-order valence-electron chi connectivity index (χ2n) is 7.36. The van der Waals surface area contributed by atoms with Crippen molar-refractivity contribution in [3.8, 4) is 0 Å². The first kappa shape index (κ1) is 16.5. The smallest absolute Gasteiger partial charge is 0.318 e. The zero-order chi connectivity index (χ0) is 17.3. The van der Waals surface area contributed by atoms with E-state index in [4.69, 9.17) is 0 Å². The topological polar surface area (TPSA) is 68.0 Å². The van der Waals surface area contributed by atoms with Crippen LogP contribution >= 0.6 is 0 Å². The lowest BCUT2D eigenvalue weighted by Gasteiger charge is -2.38. The summed E-state index contributed by atoms with van der Waals surface area (Å²) in [6.45, 7) is 5.98. The van der Waals surface area contributed by atoms with Crippen molar-refractivity contribution in [2.45, 2.75) is 32.7 Å². The van der Waals surface area contributed by atoms with Crippen molar-refractivity contribution in [2.75, 3.05) is 13.1 Å².